The maximum absolute atomic E-state index is 11.9. The molecule has 0 radical (unpaired) electrons. The zero-order chi connectivity index (χ0) is 15.1. The summed E-state index contributed by atoms with van der Waals surface area (Å²) in [5.41, 5.74) is 2.14. The van der Waals surface area contributed by atoms with Gasteiger partial charge in [0.2, 0.25) is 0 Å². The molecule has 7 heteroatoms. The molecule has 0 spiro atoms. The van der Waals surface area contributed by atoms with Gasteiger partial charge in [-0.2, -0.15) is 5.10 Å². The molecule has 6 nitrogen and oxygen atoms in total. The van der Waals surface area contributed by atoms with E-state index in [1.165, 1.54) is 38.6 Å². The second-order valence-corrected chi connectivity index (χ2v) is 4.96. The lowest BCUT2D eigenvalue weighted by Gasteiger charge is -2.10. The highest BCUT2D eigenvalue weighted by Crippen LogP contribution is 2.26. The third-order valence-corrected chi connectivity index (χ3v) is 3.63. The summed E-state index contributed by atoms with van der Waals surface area (Å²) in [5.74, 6) is 0.206. The Bertz CT molecular complexity index is 626. The third-order valence-electron chi connectivity index (χ3n) is 2.71. The number of methoxy groups -OCH3 is 2. The summed E-state index contributed by atoms with van der Waals surface area (Å²) in [4.78, 5) is 15.9. The largest absolute Gasteiger partial charge is 0.503 e. The summed E-state index contributed by atoms with van der Waals surface area (Å²) in [6.07, 6.45) is 2.85. The van der Waals surface area contributed by atoms with Gasteiger partial charge in [0.15, 0.2) is 5.16 Å². The molecule has 21 heavy (non-hydrogen) atoms. The van der Waals surface area contributed by atoms with Crippen LogP contribution in [0.25, 0.3) is 5.57 Å². The van der Waals surface area contributed by atoms with Crippen LogP contribution in [-0.4, -0.2) is 35.4 Å². The Morgan fingerprint density at radius 1 is 1.38 bits per heavy atom. The van der Waals surface area contributed by atoms with Gasteiger partial charge in [0.1, 0.15) is 11.9 Å². The highest BCUT2D eigenvalue weighted by atomic mass is 32.2. The number of hydrogen-bond donors (Lipinski definition) is 1. The number of ether oxygens (including phenoxy) is 2. The summed E-state index contributed by atoms with van der Waals surface area (Å²) in [6, 6.07) is 7.59. The number of nitrogens with one attached hydrogen (secondary N) is 1. The Labute approximate surface area is 126 Å². The first-order valence-electron chi connectivity index (χ1n) is 6.14. The summed E-state index contributed by atoms with van der Waals surface area (Å²) < 4.78 is 9.79. The van der Waals surface area contributed by atoms with Crippen molar-refractivity contribution in [2.24, 2.45) is 0 Å². The van der Waals surface area contributed by atoms with E-state index in [9.17, 15) is 4.79 Å². The molecule has 1 N–H and O–H groups in total. The van der Waals surface area contributed by atoms with Crippen LogP contribution in [0.1, 0.15) is 11.1 Å². The van der Waals surface area contributed by atoms with Gasteiger partial charge in [0, 0.05) is 5.75 Å². The molecule has 0 fully saturated rings. The Balaban J connectivity index is 2.26. The van der Waals surface area contributed by atoms with E-state index < -0.39 is 5.97 Å². The second-order valence-electron chi connectivity index (χ2n) is 4.00. The Hall–Kier alpha value is -2.28. The molecule has 0 saturated heterocycles. The molecule has 0 bridgehead atoms. The first kappa shape index (κ1) is 15.1. The molecule has 0 amide bonds. The highest BCUT2D eigenvalue weighted by molar-refractivity contribution is 7.98. The van der Waals surface area contributed by atoms with Crippen LogP contribution >= 0.6 is 11.8 Å². The van der Waals surface area contributed by atoms with Crippen LogP contribution in [0.15, 0.2) is 42.0 Å². The lowest BCUT2D eigenvalue weighted by molar-refractivity contribution is -0.133. The van der Waals surface area contributed by atoms with Crippen LogP contribution in [0.2, 0.25) is 0 Å². The minimum atomic E-state index is -0.436. The van der Waals surface area contributed by atoms with E-state index in [4.69, 9.17) is 9.47 Å². The average Bonchev–Trinajstić information content (AvgIpc) is 3.04. The van der Waals surface area contributed by atoms with Gasteiger partial charge in [-0.25, -0.2) is 9.78 Å². The molecule has 0 aliphatic heterocycles. The molecule has 0 atom stereocenters. The van der Waals surface area contributed by atoms with Gasteiger partial charge in [0.05, 0.1) is 20.5 Å². The maximum Gasteiger partial charge on any atom is 0.341 e. The van der Waals surface area contributed by atoms with E-state index in [0.29, 0.717) is 11.3 Å². The SMILES string of the molecule is CO/C=C(\C(=O)OC)c1ccccc1CSc1ncn[nH]1. The van der Waals surface area contributed by atoms with E-state index in [1.54, 1.807) is 0 Å². The number of benzene rings is 1. The van der Waals surface area contributed by atoms with Crippen LogP contribution < -0.4 is 0 Å². The molecular weight excluding hydrogens is 290 g/mol. The van der Waals surface area contributed by atoms with Crippen molar-refractivity contribution in [3.05, 3.63) is 48.0 Å². The van der Waals surface area contributed by atoms with Crippen molar-refractivity contribution in [2.45, 2.75) is 10.9 Å². The first-order valence-corrected chi connectivity index (χ1v) is 7.12. The topological polar surface area (TPSA) is 77.1 Å². The van der Waals surface area contributed by atoms with Crippen molar-refractivity contribution in [3.63, 3.8) is 0 Å². The standard InChI is InChI=1S/C14H15N3O3S/c1-19-7-12(13(18)20-2)11-6-4-3-5-10(11)8-21-14-15-9-16-17-14/h3-7,9H,8H2,1-2H3,(H,15,16,17)/b12-7-. The third kappa shape index (κ3) is 3.85. The van der Waals surface area contributed by atoms with Gasteiger partial charge in [-0.1, -0.05) is 36.0 Å². The minimum absolute atomic E-state index is 0.383. The lowest BCUT2D eigenvalue weighted by atomic mass is 10.0. The molecule has 0 saturated carbocycles. The van der Waals surface area contributed by atoms with Crippen LogP contribution in [0.5, 0.6) is 0 Å². The smallest absolute Gasteiger partial charge is 0.341 e. The number of nitrogens with zero attached hydrogens (tertiary/aromatic N) is 2. The van der Waals surface area contributed by atoms with Gasteiger partial charge in [-0.3, -0.25) is 5.10 Å². The maximum atomic E-state index is 11.9. The van der Waals surface area contributed by atoms with Gasteiger partial charge < -0.3 is 9.47 Å². The number of H-pyrrole nitrogens is 1. The van der Waals surface area contributed by atoms with Crippen LogP contribution in [0.4, 0.5) is 0 Å². The molecule has 0 aliphatic rings. The van der Waals surface area contributed by atoms with Gasteiger partial charge in [-0.05, 0) is 11.1 Å². The fraction of sp³-hybridized carbons (Fsp3) is 0.214. The van der Waals surface area contributed by atoms with Gasteiger partial charge in [-0.15, -0.1) is 0 Å². The summed E-state index contributed by atoms with van der Waals surface area (Å²) in [6.45, 7) is 0. The van der Waals surface area contributed by atoms with Crippen molar-refractivity contribution in [1.82, 2.24) is 15.2 Å². The highest BCUT2D eigenvalue weighted by Gasteiger charge is 2.16. The fourth-order valence-corrected chi connectivity index (χ4v) is 2.55. The summed E-state index contributed by atoms with van der Waals surface area (Å²) in [5, 5.41) is 7.31. The van der Waals surface area contributed by atoms with E-state index >= 15 is 0 Å². The number of hydrogen-bond acceptors (Lipinski definition) is 6. The Morgan fingerprint density at radius 2 is 2.19 bits per heavy atom. The summed E-state index contributed by atoms with van der Waals surface area (Å²) in [7, 11) is 2.84. The van der Waals surface area contributed by atoms with Crippen molar-refractivity contribution in [1.29, 1.82) is 0 Å². The summed E-state index contributed by atoms with van der Waals surface area (Å²) >= 11 is 1.50. The van der Waals surface area contributed by atoms with E-state index in [-0.39, 0.29) is 0 Å². The Kier molecular flexibility index (Phi) is 5.39. The quantitative estimate of drug-likeness (QED) is 0.382. The first-order chi connectivity index (χ1) is 10.3. The van der Waals surface area contributed by atoms with E-state index in [2.05, 4.69) is 15.2 Å². The molecule has 0 unspecified atom stereocenters. The molecule has 1 heterocycles. The number of aromatic amines is 1. The fourth-order valence-electron chi connectivity index (χ4n) is 1.77. The predicted molar refractivity (Wildman–Crippen MR) is 79.4 cm³/mol. The monoisotopic (exact) mass is 305 g/mol. The van der Waals surface area contributed by atoms with Crippen LogP contribution in [-0.2, 0) is 20.0 Å². The molecule has 1 aromatic carbocycles. The molecular formula is C14H15N3O3S. The molecule has 110 valence electrons. The lowest BCUT2D eigenvalue weighted by Crippen LogP contribution is -2.06. The minimum Gasteiger partial charge on any atom is -0.503 e. The average molecular weight is 305 g/mol. The normalized spacial score (nSPS) is 11.2. The van der Waals surface area contributed by atoms with E-state index in [1.807, 2.05) is 24.3 Å². The number of esters is 1. The van der Waals surface area contributed by atoms with Crippen LogP contribution in [0, 0.1) is 0 Å². The van der Waals surface area contributed by atoms with E-state index in [0.717, 1.165) is 16.3 Å². The second kappa shape index (κ2) is 7.49. The zero-order valence-corrected chi connectivity index (χ0v) is 12.5. The van der Waals surface area contributed by atoms with Crippen molar-refractivity contribution < 1.29 is 14.3 Å². The number of carbonyl (C=O) groups is 1. The number of carbonyl (C=O) groups excluding carboxylic acids is 1. The molecule has 2 rings (SSSR count). The Morgan fingerprint density at radius 3 is 2.86 bits per heavy atom. The zero-order valence-electron chi connectivity index (χ0n) is 11.7. The molecule has 0 aliphatic carbocycles. The van der Waals surface area contributed by atoms with Gasteiger partial charge in [0.25, 0.3) is 0 Å². The van der Waals surface area contributed by atoms with Crippen molar-refractivity contribution >= 4 is 23.3 Å². The predicted octanol–water partition coefficient (Wildman–Crippen LogP) is 2.26. The number of thioether (sulfide) groups is 1. The number of rotatable bonds is 6. The van der Waals surface area contributed by atoms with Crippen molar-refractivity contribution in [2.75, 3.05) is 14.2 Å². The van der Waals surface area contributed by atoms with Gasteiger partial charge >= 0.3 is 5.97 Å². The number of aromatic nitrogens is 3. The molecule has 1 aromatic heterocycles. The molecule has 2 aromatic rings. The van der Waals surface area contributed by atoms with Crippen LogP contribution in [0.3, 0.4) is 0 Å². The van der Waals surface area contributed by atoms with Crippen molar-refractivity contribution in [3.8, 4) is 0 Å².